The first-order valence-electron chi connectivity index (χ1n) is 8.32. The molecular formula is C18H31ClN2. The fourth-order valence-electron chi connectivity index (χ4n) is 2.65. The van der Waals surface area contributed by atoms with Gasteiger partial charge < -0.3 is 10.2 Å². The van der Waals surface area contributed by atoms with Crippen LogP contribution in [0.25, 0.3) is 0 Å². The molecule has 1 aromatic rings. The van der Waals surface area contributed by atoms with E-state index in [0.717, 1.165) is 31.0 Å². The lowest BCUT2D eigenvalue weighted by Gasteiger charge is -2.29. The lowest BCUT2D eigenvalue weighted by atomic mass is 10.0. The molecule has 0 aliphatic carbocycles. The molecule has 1 unspecified atom stereocenters. The summed E-state index contributed by atoms with van der Waals surface area (Å²) in [6, 6.07) is 9.16. The maximum atomic E-state index is 6.38. The molecule has 0 aromatic heterocycles. The number of hydrogen-bond donors (Lipinski definition) is 1. The summed E-state index contributed by atoms with van der Waals surface area (Å²) in [4.78, 5) is 2.55. The summed E-state index contributed by atoms with van der Waals surface area (Å²) in [5.74, 6) is 0. The van der Waals surface area contributed by atoms with Crippen LogP contribution in [0.5, 0.6) is 0 Å². The molecule has 2 nitrogen and oxygen atoms in total. The van der Waals surface area contributed by atoms with Crippen molar-refractivity contribution in [1.82, 2.24) is 10.2 Å². The number of nitrogens with zero attached hydrogens (tertiary/aromatic N) is 1. The van der Waals surface area contributed by atoms with Gasteiger partial charge >= 0.3 is 0 Å². The van der Waals surface area contributed by atoms with Crippen LogP contribution >= 0.6 is 11.6 Å². The van der Waals surface area contributed by atoms with Gasteiger partial charge in [-0.1, -0.05) is 43.6 Å². The van der Waals surface area contributed by atoms with E-state index in [9.17, 15) is 0 Å². The second-order valence-corrected chi connectivity index (χ2v) is 6.35. The van der Waals surface area contributed by atoms with Crippen molar-refractivity contribution >= 4 is 11.6 Å². The summed E-state index contributed by atoms with van der Waals surface area (Å²) >= 11 is 6.38. The standard InChI is InChI=1S/C18H31ClN2/c1-5-12-20-18(16-9-7-8-10-17(16)19)11-14-21(13-6-2)15(3)4/h7-10,15,18,20H,5-6,11-14H2,1-4H3. The Bertz CT molecular complexity index is 393. The van der Waals surface area contributed by atoms with Crippen molar-refractivity contribution in [2.24, 2.45) is 0 Å². The number of nitrogens with one attached hydrogen (secondary N) is 1. The summed E-state index contributed by atoms with van der Waals surface area (Å²) in [5.41, 5.74) is 1.23. The van der Waals surface area contributed by atoms with Gasteiger partial charge in [-0.05, 0) is 57.8 Å². The summed E-state index contributed by atoms with van der Waals surface area (Å²) in [5, 5.41) is 4.52. The van der Waals surface area contributed by atoms with Gasteiger partial charge in [-0.2, -0.15) is 0 Å². The van der Waals surface area contributed by atoms with Crippen LogP contribution in [-0.4, -0.2) is 30.6 Å². The van der Waals surface area contributed by atoms with Crippen molar-refractivity contribution in [3.8, 4) is 0 Å². The molecule has 0 aliphatic rings. The monoisotopic (exact) mass is 310 g/mol. The predicted molar refractivity (Wildman–Crippen MR) is 94.1 cm³/mol. The third-order valence-corrected chi connectivity index (χ3v) is 4.21. The first kappa shape index (κ1) is 18.5. The summed E-state index contributed by atoms with van der Waals surface area (Å²) in [6.45, 7) is 12.3. The molecule has 1 aromatic carbocycles. The number of halogens is 1. The fraction of sp³-hybridized carbons (Fsp3) is 0.667. The van der Waals surface area contributed by atoms with E-state index in [4.69, 9.17) is 11.6 Å². The first-order valence-corrected chi connectivity index (χ1v) is 8.69. The Morgan fingerprint density at radius 1 is 1.10 bits per heavy atom. The molecule has 0 spiro atoms. The molecule has 0 heterocycles. The number of hydrogen-bond acceptors (Lipinski definition) is 2. The summed E-state index contributed by atoms with van der Waals surface area (Å²) in [6.07, 6.45) is 3.45. The van der Waals surface area contributed by atoms with Gasteiger partial charge in [-0.15, -0.1) is 0 Å². The van der Waals surface area contributed by atoms with Crippen molar-refractivity contribution < 1.29 is 0 Å². The Balaban J connectivity index is 2.72. The highest BCUT2D eigenvalue weighted by Gasteiger charge is 2.16. The van der Waals surface area contributed by atoms with Crippen LogP contribution < -0.4 is 5.32 Å². The maximum Gasteiger partial charge on any atom is 0.0453 e. The van der Waals surface area contributed by atoms with Crippen LogP contribution in [-0.2, 0) is 0 Å². The van der Waals surface area contributed by atoms with Gasteiger partial charge in [0.25, 0.3) is 0 Å². The smallest absolute Gasteiger partial charge is 0.0453 e. The summed E-state index contributed by atoms with van der Waals surface area (Å²) in [7, 11) is 0. The third-order valence-electron chi connectivity index (χ3n) is 3.87. The minimum Gasteiger partial charge on any atom is -0.310 e. The third kappa shape index (κ3) is 6.37. The number of benzene rings is 1. The molecule has 0 amide bonds. The topological polar surface area (TPSA) is 15.3 Å². The molecule has 1 rings (SSSR count). The molecule has 0 saturated heterocycles. The minimum absolute atomic E-state index is 0.344. The average molecular weight is 311 g/mol. The molecule has 0 aliphatic heterocycles. The molecule has 21 heavy (non-hydrogen) atoms. The molecule has 0 saturated carbocycles. The Kier molecular flexibility index (Phi) is 8.98. The van der Waals surface area contributed by atoms with E-state index in [1.165, 1.54) is 18.5 Å². The van der Waals surface area contributed by atoms with Gasteiger partial charge in [0.2, 0.25) is 0 Å². The maximum absolute atomic E-state index is 6.38. The lowest BCUT2D eigenvalue weighted by molar-refractivity contribution is 0.209. The average Bonchev–Trinajstić information content (AvgIpc) is 2.47. The largest absolute Gasteiger partial charge is 0.310 e. The van der Waals surface area contributed by atoms with Crippen molar-refractivity contribution in [3.63, 3.8) is 0 Å². The highest BCUT2D eigenvalue weighted by Crippen LogP contribution is 2.25. The zero-order valence-electron chi connectivity index (χ0n) is 14.0. The number of rotatable bonds is 10. The van der Waals surface area contributed by atoms with E-state index in [-0.39, 0.29) is 0 Å². The Hall–Kier alpha value is -0.570. The van der Waals surface area contributed by atoms with Crippen LogP contribution in [0.2, 0.25) is 5.02 Å². The van der Waals surface area contributed by atoms with E-state index in [2.05, 4.69) is 50.0 Å². The van der Waals surface area contributed by atoms with Crippen LogP contribution in [0.3, 0.4) is 0 Å². The van der Waals surface area contributed by atoms with Crippen LogP contribution in [0, 0.1) is 0 Å². The van der Waals surface area contributed by atoms with Gasteiger partial charge in [-0.25, -0.2) is 0 Å². The SMILES string of the molecule is CCCNC(CCN(CCC)C(C)C)c1ccccc1Cl. The molecule has 1 atom stereocenters. The van der Waals surface area contributed by atoms with Crippen LogP contribution in [0.4, 0.5) is 0 Å². The molecule has 3 heteroatoms. The normalized spacial score (nSPS) is 13.1. The molecule has 0 radical (unpaired) electrons. The Morgan fingerprint density at radius 2 is 1.81 bits per heavy atom. The molecule has 0 fully saturated rings. The van der Waals surface area contributed by atoms with Crippen molar-refractivity contribution in [2.75, 3.05) is 19.6 Å². The second kappa shape index (κ2) is 10.2. The van der Waals surface area contributed by atoms with Gasteiger partial charge in [0.1, 0.15) is 0 Å². The second-order valence-electron chi connectivity index (χ2n) is 5.95. The predicted octanol–water partition coefficient (Wildman–Crippen LogP) is 4.89. The molecule has 120 valence electrons. The highest BCUT2D eigenvalue weighted by atomic mass is 35.5. The van der Waals surface area contributed by atoms with Gasteiger partial charge in [-0.3, -0.25) is 0 Å². The fourth-order valence-corrected chi connectivity index (χ4v) is 2.92. The van der Waals surface area contributed by atoms with Gasteiger partial charge in [0.05, 0.1) is 0 Å². The van der Waals surface area contributed by atoms with E-state index >= 15 is 0 Å². The molecular weight excluding hydrogens is 280 g/mol. The van der Waals surface area contributed by atoms with E-state index in [1.54, 1.807) is 0 Å². The highest BCUT2D eigenvalue weighted by molar-refractivity contribution is 6.31. The summed E-state index contributed by atoms with van der Waals surface area (Å²) < 4.78 is 0. The van der Waals surface area contributed by atoms with E-state index in [0.29, 0.717) is 12.1 Å². The Morgan fingerprint density at radius 3 is 2.38 bits per heavy atom. The first-order chi connectivity index (χ1) is 10.1. The minimum atomic E-state index is 0.344. The molecule has 0 bridgehead atoms. The van der Waals surface area contributed by atoms with Crippen LogP contribution in [0.15, 0.2) is 24.3 Å². The van der Waals surface area contributed by atoms with Gasteiger partial charge in [0.15, 0.2) is 0 Å². The molecule has 1 N–H and O–H groups in total. The lowest BCUT2D eigenvalue weighted by Crippen LogP contribution is -2.35. The van der Waals surface area contributed by atoms with E-state index < -0.39 is 0 Å². The quantitative estimate of drug-likeness (QED) is 0.662. The van der Waals surface area contributed by atoms with Crippen molar-refractivity contribution in [2.45, 2.75) is 59.0 Å². The van der Waals surface area contributed by atoms with Crippen molar-refractivity contribution in [1.29, 1.82) is 0 Å². The Labute approximate surface area is 135 Å². The van der Waals surface area contributed by atoms with E-state index in [1.807, 2.05) is 12.1 Å². The zero-order chi connectivity index (χ0) is 15.7. The van der Waals surface area contributed by atoms with Crippen LogP contribution in [0.1, 0.15) is 58.6 Å². The zero-order valence-corrected chi connectivity index (χ0v) is 14.8. The van der Waals surface area contributed by atoms with Gasteiger partial charge in [0, 0.05) is 23.7 Å². The van der Waals surface area contributed by atoms with Crippen molar-refractivity contribution in [3.05, 3.63) is 34.9 Å².